The van der Waals surface area contributed by atoms with Gasteiger partial charge in [-0.25, -0.2) is 4.98 Å². The van der Waals surface area contributed by atoms with Crippen molar-refractivity contribution >= 4 is 81.7 Å². The Morgan fingerprint density at radius 1 is 0.350 bits per heavy atom. The zero-order valence-electron chi connectivity index (χ0n) is 32.5. The molecule has 0 aliphatic rings. The predicted molar refractivity (Wildman–Crippen MR) is 254 cm³/mol. The quantitative estimate of drug-likeness (QED) is 0.161. The first kappa shape index (κ1) is 34.3. The number of para-hydroxylation sites is 5. The van der Waals surface area contributed by atoms with Gasteiger partial charge in [-0.15, -0.1) is 0 Å². The standard InChI is InChI=1S/C55H36N4S/c1-3-13-41(14-4-1)57(55-56-49-19-9-12-22-54(49)60-55)43-29-23-37(24-30-43)38-25-31-44(32-26-38)59-51-21-11-8-18-46(51)48-36-40(28-34-53(48)59)39-27-33-52-47(35-39)45-17-7-10-20-50(45)58(52)42-15-5-2-6-16-42/h1-36H. The molecule has 9 aromatic carbocycles. The summed E-state index contributed by atoms with van der Waals surface area (Å²) in [7, 11) is 0. The van der Waals surface area contributed by atoms with Crippen LogP contribution in [0.5, 0.6) is 0 Å². The van der Waals surface area contributed by atoms with Gasteiger partial charge >= 0.3 is 0 Å². The van der Waals surface area contributed by atoms with Gasteiger partial charge in [-0.1, -0.05) is 133 Å². The van der Waals surface area contributed by atoms with Gasteiger partial charge in [0.1, 0.15) is 0 Å². The molecule has 282 valence electrons. The normalized spacial score (nSPS) is 11.7. The van der Waals surface area contributed by atoms with Gasteiger partial charge in [0, 0.05) is 44.3 Å². The second kappa shape index (κ2) is 14.0. The van der Waals surface area contributed by atoms with Crippen LogP contribution in [0.2, 0.25) is 0 Å². The lowest BCUT2D eigenvalue weighted by atomic mass is 10.0. The van der Waals surface area contributed by atoms with E-state index in [4.69, 9.17) is 4.98 Å². The Bertz CT molecular complexity index is 3490. The van der Waals surface area contributed by atoms with E-state index in [0.717, 1.165) is 27.7 Å². The number of fused-ring (bicyclic) bond motifs is 7. The number of anilines is 3. The Morgan fingerprint density at radius 2 is 0.800 bits per heavy atom. The van der Waals surface area contributed by atoms with Crippen LogP contribution in [0, 0.1) is 0 Å². The Labute approximate surface area is 351 Å². The summed E-state index contributed by atoms with van der Waals surface area (Å²) in [5, 5.41) is 5.95. The van der Waals surface area contributed by atoms with E-state index < -0.39 is 0 Å². The lowest BCUT2D eigenvalue weighted by Crippen LogP contribution is -2.09. The minimum atomic E-state index is 0.950. The molecule has 5 heteroatoms. The maximum atomic E-state index is 5.02. The van der Waals surface area contributed by atoms with Gasteiger partial charge in [-0.3, -0.25) is 4.90 Å². The SMILES string of the molecule is c1ccc(N(c2ccc(-c3ccc(-n4c5ccccc5c5cc(-c6ccc7c(c6)c6ccccc6n7-c6ccccc6)ccc54)cc3)cc2)c2nc3ccccc3s2)cc1. The molecule has 12 rings (SSSR count). The molecule has 0 unspecified atom stereocenters. The molecule has 0 N–H and O–H groups in total. The summed E-state index contributed by atoms with van der Waals surface area (Å²) in [6.45, 7) is 0. The van der Waals surface area contributed by atoms with Crippen LogP contribution in [-0.2, 0) is 0 Å². The molecule has 4 nitrogen and oxygen atoms in total. The highest BCUT2D eigenvalue weighted by Gasteiger charge is 2.19. The average molecular weight is 785 g/mol. The second-order valence-corrected chi connectivity index (χ2v) is 16.2. The lowest BCUT2D eigenvalue weighted by Gasteiger charge is -2.22. The number of nitrogens with zero attached hydrogens (tertiary/aromatic N) is 4. The minimum absolute atomic E-state index is 0.950. The first-order valence-electron chi connectivity index (χ1n) is 20.3. The summed E-state index contributed by atoms with van der Waals surface area (Å²) >= 11 is 1.71. The van der Waals surface area contributed by atoms with Crippen LogP contribution in [0.25, 0.3) is 87.5 Å². The summed E-state index contributed by atoms with van der Waals surface area (Å²) in [6, 6.07) is 78.6. The molecule has 12 aromatic rings. The molecule has 0 saturated carbocycles. The molecule has 3 aromatic heterocycles. The van der Waals surface area contributed by atoms with Gasteiger partial charge in [0.25, 0.3) is 0 Å². The topological polar surface area (TPSA) is 26.0 Å². The molecule has 0 bridgehead atoms. The predicted octanol–water partition coefficient (Wildman–Crippen LogP) is 15.3. The fourth-order valence-corrected chi connectivity index (χ4v) is 9.95. The van der Waals surface area contributed by atoms with E-state index in [1.807, 2.05) is 6.07 Å². The summed E-state index contributed by atoms with van der Waals surface area (Å²) in [5.41, 5.74) is 15.0. The van der Waals surface area contributed by atoms with Crippen LogP contribution in [0.1, 0.15) is 0 Å². The summed E-state index contributed by atoms with van der Waals surface area (Å²) < 4.78 is 5.94. The van der Waals surface area contributed by atoms with Crippen LogP contribution in [0.3, 0.4) is 0 Å². The third-order valence-corrected chi connectivity index (χ3v) is 12.8. The van der Waals surface area contributed by atoms with E-state index >= 15 is 0 Å². The second-order valence-electron chi connectivity index (χ2n) is 15.2. The Morgan fingerprint density at radius 3 is 1.40 bits per heavy atom. The molecule has 0 atom stereocenters. The first-order chi connectivity index (χ1) is 29.7. The molecule has 0 aliphatic heterocycles. The summed E-state index contributed by atoms with van der Waals surface area (Å²) in [4.78, 5) is 7.26. The molecule has 0 spiro atoms. The van der Waals surface area contributed by atoms with Crippen molar-refractivity contribution in [1.82, 2.24) is 14.1 Å². The number of rotatable bonds is 7. The Hall–Kier alpha value is -7.73. The van der Waals surface area contributed by atoms with E-state index in [1.54, 1.807) is 11.3 Å². The molecule has 0 amide bonds. The van der Waals surface area contributed by atoms with Crippen molar-refractivity contribution in [3.63, 3.8) is 0 Å². The molecular formula is C55H36N4S. The van der Waals surface area contributed by atoms with Crippen molar-refractivity contribution in [2.75, 3.05) is 4.90 Å². The minimum Gasteiger partial charge on any atom is -0.309 e. The molecule has 0 fully saturated rings. The van der Waals surface area contributed by atoms with Crippen LogP contribution in [0.4, 0.5) is 16.5 Å². The van der Waals surface area contributed by atoms with Crippen molar-refractivity contribution < 1.29 is 0 Å². The monoisotopic (exact) mass is 784 g/mol. The van der Waals surface area contributed by atoms with Gasteiger partial charge in [-0.05, 0) is 119 Å². The lowest BCUT2D eigenvalue weighted by molar-refractivity contribution is 1.18. The molecular weight excluding hydrogens is 749 g/mol. The highest BCUT2D eigenvalue weighted by atomic mass is 32.1. The molecule has 0 saturated heterocycles. The molecule has 3 heterocycles. The average Bonchev–Trinajstić information content (AvgIpc) is 4.00. The summed E-state index contributed by atoms with van der Waals surface area (Å²) in [5.74, 6) is 0. The van der Waals surface area contributed by atoms with E-state index in [2.05, 4.69) is 226 Å². The molecule has 60 heavy (non-hydrogen) atoms. The number of benzene rings is 9. The van der Waals surface area contributed by atoms with Crippen molar-refractivity contribution in [3.8, 4) is 33.6 Å². The van der Waals surface area contributed by atoms with Crippen LogP contribution >= 0.6 is 11.3 Å². The smallest absolute Gasteiger partial charge is 0.195 e. The molecule has 0 aliphatic carbocycles. The Kier molecular flexibility index (Phi) is 8.00. The van der Waals surface area contributed by atoms with Crippen molar-refractivity contribution in [3.05, 3.63) is 218 Å². The maximum absolute atomic E-state index is 5.02. The highest BCUT2D eigenvalue weighted by Crippen LogP contribution is 2.41. The number of thiazole rings is 1. The third kappa shape index (κ3) is 5.63. The molecule has 0 radical (unpaired) electrons. The third-order valence-electron chi connectivity index (χ3n) is 11.8. The van der Waals surface area contributed by atoms with Gasteiger partial charge < -0.3 is 9.13 Å². The largest absolute Gasteiger partial charge is 0.309 e. The summed E-state index contributed by atoms with van der Waals surface area (Å²) in [6.07, 6.45) is 0. The van der Waals surface area contributed by atoms with E-state index in [0.29, 0.717) is 0 Å². The van der Waals surface area contributed by atoms with Crippen molar-refractivity contribution in [1.29, 1.82) is 0 Å². The highest BCUT2D eigenvalue weighted by molar-refractivity contribution is 7.22. The first-order valence-corrected chi connectivity index (χ1v) is 21.1. The van der Waals surface area contributed by atoms with Gasteiger partial charge in [0.15, 0.2) is 5.13 Å². The van der Waals surface area contributed by atoms with Crippen molar-refractivity contribution in [2.45, 2.75) is 0 Å². The van der Waals surface area contributed by atoms with Gasteiger partial charge in [0.05, 0.1) is 32.3 Å². The number of aromatic nitrogens is 3. The van der Waals surface area contributed by atoms with E-state index in [9.17, 15) is 0 Å². The fourth-order valence-electron chi connectivity index (χ4n) is 8.95. The fraction of sp³-hybridized carbons (Fsp3) is 0. The maximum Gasteiger partial charge on any atom is 0.195 e. The van der Waals surface area contributed by atoms with Gasteiger partial charge in [-0.2, -0.15) is 0 Å². The van der Waals surface area contributed by atoms with Crippen LogP contribution in [0.15, 0.2) is 218 Å². The van der Waals surface area contributed by atoms with E-state index in [-0.39, 0.29) is 0 Å². The zero-order chi connectivity index (χ0) is 39.6. The van der Waals surface area contributed by atoms with Crippen LogP contribution in [-0.4, -0.2) is 14.1 Å². The zero-order valence-corrected chi connectivity index (χ0v) is 33.3. The van der Waals surface area contributed by atoms with Crippen molar-refractivity contribution in [2.24, 2.45) is 0 Å². The number of hydrogen-bond acceptors (Lipinski definition) is 3. The van der Waals surface area contributed by atoms with Gasteiger partial charge in [0.2, 0.25) is 0 Å². The Balaban J connectivity index is 0.893. The number of hydrogen-bond donors (Lipinski definition) is 0. The van der Waals surface area contributed by atoms with Crippen LogP contribution < -0.4 is 4.90 Å². The van der Waals surface area contributed by atoms with E-state index in [1.165, 1.54) is 76.3 Å².